The lowest BCUT2D eigenvalue weighted by Crippen LogP contribution is -2.47. The molecule has 0 saturated carbocycles. The molecule has 0 unspecified atom stereocenters. The van der Waals surface area contributed by atoms with Crippen molar-refractivity contribution in [3.63, 3.8) is 0 Å². The van der Waals surface area contributed by atoms with Gasteiger partial charge in [-0.05, 0) is 66.2 Å². The Hall–Kier alpha value is -2.57. The Bertz CT molecular complexity index is 682. The molecule has 1 aromatic carbocycles. The normalized spacial score (nSPS) is 12.7. The Kier molecular flexibility index (Phi) is 8.02. The van der Waals surface area contributed by atoms with Gasteiger partial charge in [0, 0.05) is 6.42 Å². The smallest absolute Gasteiger partial charge is 0.408 e. The van der Waals surface area contributed by atoms with Crippen LogP contribution in [-0.4, -0.2) is 41.7 Å². The van der Waals surface area contributed by atoms with Gasteiger partial charge in [-0.25, -0.2) is 9.59 Å². The Labute approximate surface area is 166 Å². The summed E-state index contributed by atoms with van der Waals surface area (Å²) in [6, 6.07) is 6.04. The largest absolute Gasteiger partial charge is 0.486 e. The van der Waals surface area contributed by atoms with Crippen LogP contribution in [0.1, 0.15) is 54.0 Å². The average molecular weight is 393 g/mol. The third-order valence-corrected chi connectivity index (χ3v) is 3.19. The highest BCUT2D eigenvalue weighted by atomic mass is 16.6. The second-order valence-electron chi connectivity index (χ2n) is 8.57. The number of alkyl carbamates (subject to hydrolysis) is 1. The van der Waals surface area contributed by atoms with Gasteiger partial charge in [-0.3, -0.25) is 4.79 Å². The minimum Gasteiger partial charge on any atom is -0.486 e. The zero-order valence-corrected chi connectivity index (χ0v) is 17.8. The first-order chi connectivity index (χ1) is 12.7. The van der Waals surface area contributed by atoms with Crippen LogP contribution in [0.15, 0.2) is 24.3 Å². The van der Waals surface area contributed by atoms with Gasteiger partial charge in [0.05, 0.1) is 0 Å². The molecule has 7 nitrogen and oxygen atoms in total. The van der Waals surface area contributed by atoms with Gasteiger partial charge in [0.1, 0.15) is 29.6 Å². The minimum absolute atomic E-state index is 0.0000791. The number of carbonyl (C=O) groups excluding carboxylic acids is 3. The summed E-state index contributed by atoms with van der Waals surface area (Å²) < 4.78 is 16.0. The molecule has 1 N–H and O–H groups in total. The minimum atomic E-state index is -0.905. The van der Waals surface area contributed by atoms with Gasteiger partial charge in [0.15, 0.2) is 5.78 Å². The first-order valence-electron chi connectivity index (χ1n) is 9.19. The fourth-order valence-electron chi connectivity index (χ4n) is 2.16. The van der Waals surface area contributed by atoms with E-state index in [1.807, 2.05) is 0 Å². The van der Waals surface area contributed by atoms with E-state index in [0.717, 1.165) is 5.56 Å². The van der Waals surface area contributed by atoms with Gasteiger partial charge in [-0.1, -0.05) is 12.1 Å². The third-order valence-electron chi connectivity index (χ3n) is 3.19. The van der Waals surface area contributed by atoms with Crippen molar-refractivity contribution < 1.29 is 28.6 Å². The van der Waals surface area contributed by atoms with Crippen molar-refractivity contribution in [2.24, 2.45) is 0 Å². The summed E-state index contributed by atoms with van der Waals surface area (Å²) >= 11 is 0. The fraction of sp³-hybridized carbons (Fsp3) is 0.571. The Morgan fingerprint density at radius 1 is 0.929 bits per heavy atom. The highest BCUT2D eigenvalue weighted by Crippen LogP contribution is 2.16. The Balaban J connectivity index is 2.87. The second-order valence-corrected chi connectivity index (χ2v) is 8.57. The van der Waals surface area contributed by atoms with Crippen LogP contribution < -0.4 is 10.1 Å². The molecule has 7 heteroatoms. The van der Waals surface area contributed by atoms with Crippen LogP contribution in [-0.2, 0) is 25.5 Å². The van der Waals surface area contributed by atoms with Crippen molar-refractivity contribution >= 4 is 17.8 Å². The van der Waals surface area contributed by atoms with Crippen molar-refractivity contribution in [1.82, 2.24) is 5.32 Å². The van der Waals surface area contributed by atoms with Gasteiger partial charge in [0.2, 0.25) is 0 Å². The summed E-state index contributed by atoms with van der Waals surface area (Å²) in [5.41, 5.74) is -0.574. The summed E-state index contributed by atoms with van der Waals surface area (Å²) in [4.78, 5) is 35.7. The standard InChI is InChI=1S/C21H31NO6/c1-14(23)13-26-16-10-8-15(9-11-16)12-17(18(24)27-20(2,3)4)22-19(25)28-21(5,6)7/h8-11,17H,12-13H2,1-7H3,(H,22,25)/t17-/m0/s1. The van der Waals surface area contributed by atoms with Gasteiger partial charge in [0.25, 0.3) is 0 Å². The quantitative estimate of drug-likeness (QED) is 0.714. The molecule has 0 saturated heterocycles. The Morgan fingerprint density at radius 3 is 1.93 bits per heavy atom. The van der Waals surface area contributed by atoms with E-state index in [1.165, 1.54) is 6.92 Å². The molecule has 1 atom stereocenters. The lowest BCUT2D eigenvalue weighted by molar-refractivity contribution is -0.157. The van der Waals surface area contributed by atoms with Gasteiger partial charge in [-0.2, -0.15) is 0 Å². The fourth-order valence-corrected chi connectivity index (χ4v) is 2.16. The van der Waals surface area contributed by atoms with Crippen LogP contribution in [0.4, 0.5) is 4.79 Å². The molecule has 0 fully saturated rings. The predicted octanol–water partition coefficient (Wildman–Crippen LogP) is 3.43. The number of nitrogens with one attached hydrogen (secondary N) is 1. The lowest BCUT2D eigenvalue weighted by atomic mass is 10.1. The zero-order valence-electron chi connectivity index (χ0n) is 17.8. The number of benzene rings is 1. The van der Waals surface area contributed by atoms with Crippen LogP contribution in [0.5, 0.6) is 5.75 Å². The molecule has 0 aromatic heterocycles. The van der Waals surface area contributed by atoms with Gasteiger partial charge >= 0.3 is 12.1 Å². The van der Waals surface area contributed by atoms with E-state index in [9.17, 15) is 14.4 Å². The van der Waals surface area contributed by atoms with Crippen LogP contribution in [0.3, 0.4) is 0 Å². The lowest BCUT2D eigenvalue weighted by Gasteiger charge is -2.26. The molecule has 28 heavy (non-hydrogen) atoms. The molecule has 0 aliphatic carbocycles. The molecule has 1 aromatic rings. The highest BCUT2D eigenvalue weighted by Gasteiger charge is 2.28. The van der Waals surface area contributed by atoms with Crippen LogP contribution in [0, 0.1) is 0 Å². The maximum absolute atomic E-state index is 12.6. The Morgan fingerprint density at radius 2 is 1.46 bits per heavy atom. The van der Waals surface area contributed by atoms with Crippen molar-refractivity contribution in [2.45, 2.75) is 72.1 Å². The summed E-state index contributed by atoms with van der Waals surface area (Å²) in [5, 5.41) is 2.59. The average Bonchev–Trinajstić information content (AvgIpc) is 2.50. The van der Waals surface area contributed by atoms with Crippen molar-refractivity contribution in [3.8, 4) is 5.75 Å². The van der Waals surface area contributed by atoms with E-state index in [2.05, 4.69) is 5.32 Å². The molecule has 1 amide bonds. The zero-order chi connectivity index (χ0) is 21.5. The number of ketones is 1. The number of Topliss-reactive ketones (excluding diaryl/α,β-unsaturated/α-hetero) is 1. The molecule has 156 valence electrons. The number of hydrogen-bond donors (Lipinski definition) is 1. The number of rotatable bonds is 7. The van der Waals surface area contributed by atoms with Crippen LogP contribution in [0.2, 0.25) is 0 Å². The summed E-state index contributed by atoms with van der Waals surface area (Å²) in [6.45, 7) is 12.0. The monoisotopic (exact) mass is 393 g/mol. The molecule has 0 aliphatic rings. The summed E-state index contributed by atoms with van der Waals surface area (Å²) in [6.07, 6.45) is -0.467. The van der Waals surface area contributed by atoms with E-state index >= 15 is 0 Å². The molecular formula is C21H31NO6. The highest BCUT2D eigenvalue weighted by molar-refractivity contribution is 5.82. The molecular weight excluding hydrogens is 362 g/mol. The molecule has 0 radical (unpaired) electrons. The number of amides is 1. The third kappa shape index (κ3) is 9.94. The van der Waals surface area contributed by atoms with E-state index in [0.29, 0.717) is 5.75 Å². The van der Waals surface area contributed by atoms with Crippen molar-refractivity contribution in [2.75, 3.05) is 6.61 Å². The van der Waals surface area contributed by atoms with E-state index in [4.69, 9.17) is 14.2 Å². The van der Waals surface area contributed by atoms with Crippen LogP contribution >= 0.6 is 0 Å². The van der Waals surface area contributed by atoms with Crippen molar-refractivity contribution in [1.29, 1.82) is 0 Å². The maximum atomic E-state index is 12.6. The number of ether oxygens (including phenoxy) is 3. The van der Waals surface area contributed by atoms with E-state index in [-0.39, 0.29) is 18.8 Å². The number of carbonyl (C=O) groups is 3. The van der Waals surface area contributed by atoms with Crippen molar-refractivity contribution in [3.05, 3.63) is 29.8 Å². The predicted molar refractivity (Wildman–Crippen MR) is 105 cm³/mol. The molecule has 0 aliphatic heterocycles. The first kappa shape index (κ1) is 23.5. The number of hydrogen-bond acceptors (Lipinski definition) is 6. The molecule has 0 spiro atoms. The molecule has 1 rings (SSSR count). The first-order valence-corrected chi connectivity index (χ1v) is 9.19. The summed E-state index contributed by atoms with van der Waals surface area (Å²) in [5.74, 6) is -0.0706. The van der Waals surface area contributed by atoms with E-state index in [1.54, 1.807) is 65.8 Å². The van der Waals surface area contributed by atoms with Crippen LogP contribution in [0.25, 0.3) is 0 Å². The SMILES string of the molecule is CC(=O)COc1ccc(C[C@H](NC(=O)OC(C)(C)C)C(=O)OC(C)(C)C)cc1. The van der Waals surface area contributed by atoms with Gasteiger partial charge < -0.3 is 19.5 Å². The topological polar surface area (TPSA) is 90.9 Å². The maximum Gasteiger partial charge on any atom is 0.408 e. The molecule has 0 heterocycles. The summed E-state index contributed by atoms with van der Waals surface area (Å²) in [7, 11) is 0. The molecule has 0 bridgehead atoms. The van der Waals surface area contributed by atoms with Gasteiger partial charge in [-0.15, -0.1) is 0 Å². The van der Waals surface area contributed by atoms with E-state index < -0.39 is 29.3 Å². The number of esters is 1. The second kappa shape index (κ2) is 9.57.